The highest BCUT2D eigenvalue weighted by atomic mass is 32.1. The van der Waals surface area contributed by atoms with Crippen molar-refractivity contribution in [2.75, 3.05) is 31.5 Å². The molecule has 0 saturated heterocycles. The number of hydrogen-bond donors (Lipinski definition) is 2. The molecule has 0 bridgehead atoms. The molecule has 108 valence electrons. The summed E-state index contributed by atoms with van der Waals surface area (Å²) in [6.45, 7) is 8.43. The Bertz CT molecular complexity index is 382. The number of anilines is 1. The maximum atomic E-state index is 10.5. The first-order valence-corrected chi connectivity index (χ1v) is 7.66. The van der Waals surface area contributed by atoms with E-state index in [0.29, 0.717) is 6.42 Å². The van der Waals surface area contributed by atoms with Crippen LogP contribution in [-0.2, 0) is 11.2 Å². The van der Waals surface area contributed by atoms with Gasteiger partial charge in [-0.3, -0.25) is 4.79 Å². The zero-order valence-corrected chi connectivity index (χ0v) is 12.5. The lowest BCUT2D eigenvalue weighted by Gasteiger charge is -2.19. The molecule has 0 aromatic carbocycles. The van der Waals surface area contributed by atoms with Crippen molar-refractivity contribution in [1.29, 1.82) is 0 Å². The van der Waals surface area contributed by atoms with Gasteiger partial charge in [-0.2, -0.15) is 0 Å². The van der Waals surface area contributed by atoms with Crippen molar-refractivity contribution in [2.45, 2.75) is 33.1 Å². The van der Waals surface area contributed by atoms with E-state index in [1.54, 1.807) is 11.3 Å². The predicted octanol–water partition coefficient (Wildman–Crippen LogP) is 2.30. The summed E-state index contributed by atoms with van der Waals surface area (Å²) in [5.74, 6) is -0.777. The Balaban J connectivity index is 2.27. The number of nitrogens with one attached hydrogen (secondary N) is 1. The van der Waals surface area contributed by atoms with Gasteiger partial charge in [0.1, 0.15) is 0 Å². The van der Waals surface area contributed by atoms with Gasteiger partial charge in [-0.05, 0) is 19.5 Å². The Morgan fingerprint density at radius 2 is 2.26 bits per heavy atom. The van der Waals surface area contributed by atoms with Gasteiger partial charge in [0.2, 0.25) is 0 Å². The van der Waals surface area contributed by atoms with Crippen LogP contribution in [0.5, 0.6) is 0 Å². The number of carbonyl (C=O) groups is 1. The van der Waals surface area contributed by atoms with E-state index in [9.17, 15) is 4.79 Å². The molecule has 1 aromatic rings. The highest BCUT2D eigenvalue weighted by molar-refractivity contribution is 7.13. The molecule has 0 unspecified atom stereocenters. The average Bonchev–Trinajstić information content (AvgIpc) is 2.83. The van der Waals surface area contributed by atoms with E-state index in [4.69, 9.17) is 5.11 Å². The van der Waals surface area contributed by atoms with Crippen LogP contribution in [-0.4, -0.2) is 47.1 Å². The summed E-state index contributed by atoms with van der Waals surface area (Å²) in [5.41, 5.74) is 0.857. The molecule has 2 N–H and O–H groups in total. The van der Waals surface area contributed by atoms with Crippen molar-refractivity contribution in [3.8, 4) is 0 Å². The van der Waals surface area contributed by atoms with E-state index >= 15 is 0 Å². The van der Waals surface area contributed by atoms with Gasteiger partial charge in [0.15, 0.2) is 5.13 Å². The maximum absolute atomic E-state index is 10.5. The van der Waals surface area contributed by atoms with Crippen molar-refractivity contribution in [2.24, 2.45) is 0 Å². The Labute approximate surface area is 118 Å². The van der Waals surface area contributed by atoms with Gasteiger partial charge < -0.3 is 15.3 Å². The minimum absolute atomic E-state index is 0.142. The monoisotopic (exact) mass is 285 g/mol. The standard InChI is InChI=1S/C13H23N3O2S/c1-3-8-16(4-2)9-7-14-13-15-11(10-19-13)5-6-12(17)18/h10H,3-9H2,1-2H3,(H,14,15)(H,17,18). The minimum Gasteiger partial charge on any atom is -0.481 e. The summed E-state index contributed by atoms with van der Waals surface area (Å²) >= 11 is 1.54. The second kappa shape index (κ2) is 8.87. The number of nitrogens with zero attached hydrogens (tertiary/aromatic N) is 2. The van der Waals surface area contributed by atoms with Crippen LogP contribution in [0.3, 0.4) is 0 Å². The van der Waals surface area contributed by atoms with Crippen LogP contribution in [0.4, 0.5) is 5.13 Å². The molecule has 0 amide bonds. The van der Waals surface area contributed by atoms with E-state index in [2.05, 4.69) is 29.0 Å². The molecule has 6 heteroatoms. The van der Waals surface area contributed by atoms with Crippen molar-refractivity contribution in [1.82, 2.24) is 9.88 Å². The van der Waals surface area contributed by atoms with Crippen molar-refractivity contribution in [3.05, 3.63) is 11.1 Å². The molecule has 1 rings (SSSR count). The lowest BCUT2D eigenvalue weighted by Crippen LogP contribution is -2.29. The van der Waals surface area contributed by atoms with E-state index in [-0.39, 0.29) is 6.42 Å². The van der Waals surface area contributed by atoms with Crippen LogP contribution < -0.4 is 5.32 Å². The largest absolute Gasteiger partial charge is 0.481 e. The fourth-order valence-corrected chi connectivity index (χ4v) is 2.58. The zero-order valence-electron chi connectivity index (χ0n) is 11.7. The first-order valence-electron chi connectivity index (χ1n) is 6.78. The normalized spacial score (nSPS) is 10.9. The van der Waals surface area contributed by atoms with Crippen LogP contribution in [0, 0.1) is 0 Å². The van der Waals surface area contributed by atoms with Gasteiger partial charge in [-0.1, -0.05) is 13.8 Å². The fraction of sp³-hybridized carbons (Fsp3) is 0.692. The molecule has 5 nitrogen and oxygen atoms in total. The summed E-state index contributed by atoms with van der Waals surface area (Å²) in [6.07, 6.45) is 1.82. The Morgan fingerprint density at radius 1 is 1.47 bits per heavy atom. The van der Waals surface area contributed by atoms with Crippen LogP contribution >= 0.6 is 11.3 Å². The van der Waals surface area contributed by atoms with Crippen LogP contribution in [0.25, 0.3) is 0 Å². The third kappa shape index (κ3) is 6.54. The summed E-state index contributed by atoms with van der Waals surface area (Å²) in [6, 6.07) is 0. The second-order valence-corrected chi connectivity index (χ2v) is 5.26. The number of aromatic nitrogens is 1. The topological polar surface area (TPSA) is 65.5 Å². The second-order valence-electron chi connectivity index (χ2n) is 4.40. The number of hydrogen-bond acceptors (Lipinski definition) is 5. The zero-order chi connectivity index (χ0) is 14.1. The maximum Gasteiger partial charge on any atom is 0.303 e. The van der Waals surface area contributed by atoms with Crippen LogP contribution in [0.1, 0.15) is 32.4 Å². The lowest BCUT2D eigenvalue weighted by molar-refractivity contribution is -0.136. The molecular weight excluding hydrogens is 262 g/mol. The van der Waals surface area contributed by atoms with Crippen LogP contribution in [0.15, 0.2) is 5.38 Å². The van der Waals surface area contributed by atoms with E-state index < -0.39 is 5.97 Å². The molecule has 0 atom stereocenters. The van der Waals surface area contributed by atoms with Gasteiger partial charge in [0.25, 0.3) is 0 Å². The third-order valence-corrected chi connectivity index (χ3v) is 3.69. The van der Waals surface area contributed by atoms with Crippen molar-refractivity contribution in [3.63, 3.8) is 0 Å². The summed E-state index contributed by atoms with van der Waals surface area (Å²) in [4.78, 5) is 17.2. The number of likely N-dealkylation sites (N-methyl/N-ethyl adjacent to an activating group) is 1. The molecule has 19 heavy (non-hydrogen) atoms. The first kappa shape index (κ1) is 15.9. The first-order chi connectivity index (χ1) is 9.15. The Hall–Kier alpha value is -1.14. The summed E-state index contributed by atoms with van der Waals surface area (Å²) in [7, 11) is 0. The fourth-order valence-electron chi connectivity index (χ4n) is 1.80. The van der Waals surface area contributed by atoms with E-state index in [1.807, 2.05) is 5.38 Å². The predicted molar refractivity (Wildman–Crippen MR) is 79.0 cm³/mol. The molecule has 0 spiro atoms. The van der Waals surface area contributed by atoms with Crippen LogP contribution in [0.2, 0.25) is 0 Å². The summed E-state index contributed by atoms with van der Waals surface area (Å²) < 4.78 is 0. The molecule has 0 aliphatic heterocycles. The van der Waals surface area contributed by atoms with Gasteiger partial charge in [0.05, 0.1) is 12.1 Å². The number of rotatable bonds is 10. The highest BCUT2D eigenvalue weighted by Gasteiger charge is 2.05. The van der Waals surface area contributed by atoms with Gasteiger partial charge in [-0.15, -0.1) is 11.3 Å². The Kier molecular flexibility index (Phi) is 7.43. The minimum atomic E-state index is -0.777. The number of carboxylic acids is 1. The van der Waals surface area contributed by atoms with Gasteiger partial charge in [0, 0.05) is 24.9 Å². The smallest absolute Gasteiger partial charge is 0.303 e. The lowest BCUT2D eigenvalue weighted by atomic mass is 10.2. The van der Waals surface area contributed by atoms with Crippen molar-refractivity contribution >= 4 is 22.4 Å². The third-order valence-electron chi connectivity index (χ3n) is 2.84. The molecule has 0 aliphatic rings. The molecule has 0 saturated carbocycles. The number of carboxylic acid groups (broad SMARTS) is 1. The quantitative estimate of drug-likeness (QED) is 0.690. The number of aryl methyl sites for hydroxylation is 1. The van der Waals surface area contributed by atoms with Gasteiger partial charge >= 0.3 is 5.97 Å². The van der Waals surface area contributed by atoms with E-state index in [1.165, 1.54) is 6.42 Å². The summed E-state index contributed by atoms with van der Waals surface area (Å²) in [5, 5.41) is 14.7. The number of thiazole rings is 1. The Morgan fingerprint density at radius 3 is 2.89 bits per heavy atom. The highest BCUT2D eigenvalue weighted by Crippen LogP contribution is 2.16. The SMILES string of the molecule is CCCN(CC)CCNc1nc(CCC(=O)O)cs1. The molecule has 1 aromatic heterocycles. The van der Waals surface area contributed by atoms with E-state index in [0.717, 1.165) is 37.0 Å². The molecule has 0 radical (unpaired) electrons. The molecular formula is C13H23N3O2S. The molecule has 0 aliphatic carbocycles. The molecule has 0 fully saturated rings. The number of aliphatic carboxylic acids is 1. The van der Waals surface area contributed by atoms with Gasteiger partial charge in [-0.25, -0.2) is 4.98 Å². The average molecular weight is 285 g/mol. The molecule has 1 heterocycles. The van der Waals surface area contributed by atoms with Crippen molar-refractivity contribution < 1.29 is 9.90 Å².